The molecular formula is C21H26F2N2O4S. The second kappa shape index (κ2) is 9.88. The van der Waals surface area contributed by atoms with E-state index in [1.165, 1.54) is 24.5 Å². The number of benzene rings is 1. The average Bonchev–Trinajstić information content (AvgIpc) is 3.01. The molecule has 1 heterocycles. The third-order valence-corrected chi connectivity index (χ3v) is 5.34. The number of carbonyl (C=O) groups excluding carboxylic acids is 2. The number of anilines is 1. The van der Waals surface area contributed by atoms with E-state index in [4.69, 9.17) is 4.74 Å². The molecule has 0 aliphatic heterocycles. The van der Waals surface area contributed by atoms with Crippen molar-refractivity contribution in [2.45, 2.75) is 40.7 Å². The molecule has 0 saturated carbocycles. The smallest absolute Gasteiger partial charge is 0.387 e. The Kier molecular flexibility index (Phi) is 7.77. The van der Waals surface area contributed by atoms with Crippen molar-refractivity contribution in [1.82, 2.24) is 5.32 Å². The largest absolute Gasteiger partial charge is 0.493 e. The van der Waals surface area contributed by atoms with Crippen LogP contribution in [0, 0.1) is 12.3 Å². The van der Waals surface area contributed by atoms with Crippen molar-refractivity contribution in [3.8, 4) is 11.5 Å². The molecule has 0 unspecified atom stereocenters. The Morgan fingerprint density at radius 3 is 2.47 bits per heavy atom. The van der Waals surface area contributed by atoms with E-state index in [2.05, 4.69) is 15.4 Å². The summed E-state index contributed by atoms with van der Waals surface area (Å²) in [6.45, 7) is 4.59. The van der Waals surface area contributed by atoms with Crippen LogP contribution in [0.25, 0.3) is 0 Å². The second-order valence-corrected chi connectivity index (χ2v) is 8.75. The van der Waals surface area contributed by atoms with Gasteiger partial charge in [0.2, 0.25) is 5.91 Å². The van der Waals surface area contributed by atoms with Crippen molar-refractivity contribution >= 4 is 28.2 Å². The lowest BCUT2D eigenvalue weighted by molar-refractivity contribution is -0.123. The van der Waals surface area contributed by atoms with Crippen LogP contribution in [0.5, 0.6) is 11.5 Å². The lowest BCUT2D eigenvalue weighted by atomic mass is 9.96. The van der Waals surface area contributed by atoms with E-state index in [0.717, 1.165) is 5.56 Å². The number of rotatable bonds is 8. The number of nitrogens with one attached hydrogen (secondary N) is 2. The summed E-state index contributed by atoms with van der Waals surface area (Å²) in [5.41, 5.74) is 0.942. The Hall–Kier alpha value is -2.68. The normalized spacial score (nSPS) is 11.3. The first kappa shape index (κ1) is 23.6. The van der Waals surface area contributed by atoms with Gasteiger partial charge in [-0.25, -0.2) is 0 Å². The molecule has 164 valence electrons. The third kappa shape index (κ3) is 6.41. The fourth-order valence-corrected chi connectivity index (χ4v) is 3.52. The molecule has 0 atom stereocenters. The fourth-order valence-electron chi connectivity index (χ4n) is 2.53. The van der Waals surface area contributed by atoms with Gasteiger partial charge in [0.05, 0.1) is 17.0 Å². The minimum Gasteiger partial charge on any atom is -0.493 e. The average molecular weight is 441 g/mol. The van der Waals surface area contributed by atoms with E-state index < -0.39 is 12.0 Å². The predicted molar refractivity (Wildman–Crippen MR) is 113 cm³/mol. The van der Waals surface area contributed by atoms with E-state index in [1.807, 2.05) is 20.8 Å². The van der Waals surface area contributed by atoms with Gasteiger partial charge in [0.25, 0.3) is 5.91 Å². The van der Waals surface area contributed by atoms with Crippen LogP contribution in [0.3, 0.4) is 0 Å². The van der Waals surface area contributed by atoms with Crippen LogP contribution in [0.15, 0.2) is 24.3 Å². The SMILES string of the molecule is COc1ccc(CCNC(=O)c2sc(NC(=O)C(C)(C)C)cc2C)cc1OC(F)F. The van der Waals surface area contributed by atoms with Gasteiger partial charge in [-0.1, -0.05) is 26.8 Å². The molecule has 0 aliphatic rings. The van der Waals surface area contributed by atoms with Crippen LogP contribution in [0.2, 0.25) is 0 Å². The Balaban J connectivity index is 1.97. The molecular weight excluding hydrogens is 414 g/mol. The summed E-state index contributed by atoms with van der Waals surface area (Å²) in [6.07, 6.45) is 0.424. The van der Waals surface area contributed by atoms with Gasteiger partial charge in [-0.3, -0.25) is 9.59 Å². The van der Waals surface area contributed by atoms with Gasteiger partial charge in [0.1, 0.15) is 0 Å². The number of carbonyl (C=O) groups is 2. The zero-order valence-electron chi connectivity index (χ0n) is 17.6. The van der Waals surface area contributed by atoms with Crippen molar-refractivity contribution in [2.24, 2.45) is 5.41 Å². The van der Waals surface area contributed by atoms with Crippen LogP contribution in [-0.4, -0.2) is 32.1 Å². The summed E-state index contributed by atoms with van der Waals surface area (Å²) in [6, 6.07) is 6.50. The summed E-state index contributed by atoms with van der Waals surface area (Å²) in [5, 5.41) is 6.25. The zero-order chi connectivity index (χ0) is 22.5. The highest BCUT2D eigenvalue weighted by Crippen LogP contribution is 2.30. The van der Waals surface area contributed by atoms with Crippen LogP contribution in [0.1, 0.15) is 41.6 Å². The van der Waals surface area contributed by atoms with Gasteiger partial charge in [-0.05, 0) is 42.7 Å². The molecule has 1 aromatic heterocycles. The number of hydrogen-bond acceptors (Lipinski definition) is 5. The number of aryl methyl sites for hydroxylation is 1. The van der Waals surface area contributed by atoms with E-state index in [9.17, 15) is 18.4 Å². The molecule has 6 nitrogen and oxygen atoms in total. The van der Waals surface area contributed by atoms with Crippen LogP contribution in [-0.2, 0) is 11.2 Å². The molecule has 30 heavy (non-hydrogen) atoms. The Morgan fingerprint density at radius 1 is 1.17 bits per heavy atom. The summed E-state index contributed by atoms with van der Waals surface area (Å²) in [4.78, 5) is 25.1. The first-order chi connectivity index (χ1) is 14.0. The van der Waals surface area contributed by atoms with Gasteiger partial charge in [-0.15, -0.1) is 11.3 Å². The first-order valence-electron chi connectivity index (χ1n) is 9.33. The van der Waals surface area contributed by atoms with Gasteiger partial charge in [-0.2, -0.15) is 8.78 Å². The lowest BCUT2D eigenvalue weighted by Crippen LogP contribution is -2.27. The molecule has 2 aromatic rings. The summed E-state index contributed by atoms with van der Waals surface area (Å²) < 4.78 is 34.6. The molecule has 0 saturated heterocycles. The molecule has 2 amide bonds. The number of thiophene rings is 1. The maximum absolute atomic E-state index is 12.5. The highest BCUT2D eigenvalue weighted by molar-refractivity contribution is 7.18. The summed E-state index contributed by atoms with van der Waals surface area (Å²) >= 11 is 1.21. The molecule has 9 heteroatoms. The zero-order valence-corrected chi connectivity index (χ0v) is 18.4. The van der Waals surface area contributed by atoms with E-state index in [-0.39, 0.29) is 23.3 Å². The van der Waals surface area contributed by atoms with Crippen LogP contribution < -0.4 is 20.1 Å². The Labute approximate surface area is 178 Å². The quantitative estimate of drug-likeness (QED) is 0.628. The van der Waals surface area contributed by atoms with Crippen molar-refractivity contribution in [1.29, 1.82) is 0 Å². The van der Waals surface area contributed by atoms with Crippen molar-refractivity contribution in [3.05, 3.63) is 40.3 Å². The topological polar surface area (TPSA) is 76.7 Å². The van der Waals surface area contributed by atoms with Crippen LogP contribution >= 0.6 is 11.3 Å². The van der Waals surface area contributed by atoms with Gasteiger partial charge in [0, 0.05) is 12.0 Å². The summed E-state index contributed by atoms with van der Waals surface area (Å²) in [5.74, 6) is -0.227. The van der Waals surface area contributed by atoms with Crippen molar-refractivity contribution < 1.29 is 27.8 Å². The number of methoxy groups -OCH3 is 1. The Bertz CT molecular complexity index is 907. The van der Waals surface area contributed by atoms with E-state index >= 15 is 0 Å². The fraction of sp³-hybridized carbons (Fsp3) is 0.429. The molecule has 2 rings (SSSR count). The van der Waals surface area contributed by atoms with Crippen LogP contribution in [0.4, 0.5) is 13.8 Å². The molecule has 0 aliphatic carbocycles. The lowest BCUT2D eigenvalue weighted by Gasteiger charge is -2.16. The number of alkyl halides is 2. The molecule has 0 fully saturated rings. The Morgan fingerprint density at radius 2 is 1.87 bits per heavy atom. The van der Waals surface area contributed by atoms with Crippen molar-refractivity contribution in [2.75, 3.05) is 19.0 Å². The molecule has 0 bridgehead atoms. The van der Waals surface area contributed by atoms with E-state index in [1.54, 1.807) is 25.1 Å². The maximum atomic E-state index is 12.5. The van der Waals surface area contributed by atoms with E-state index in [0.29, 0.717) is 28.4 Å². The maximum Gasteiger partial charge on any atom is 0.387 e. The predicted octanol–water partition coefficient (Wildman–Crippen LogP) is 4.62. The molecule has 1 aromatic carbocycles. The summed E-state index contributed by atoms with van der Waals surface area (Å²) in [7, 11) is 1.37. The number of hydrogen-bond donors (Lipinski definition) is 2. The highest BCUT2D eigenvalue weighted by Gasteiger charge is 2.23. The number of ether oxygens (including phenoxy) is 2. The van der Waals surface area contributed by atoms with Gasteiger partial charge >= 0.3 is 6.61 Å². The second-order valence-electron chi connectivity index (χ2n) is 7.70. The molecule has 0 spiro atoms. The molecule has 0 radical (unpaired) electrons. The first-order valence-corrected chi connectivity index (χ1v) is 10.1. The number of halogens is 2. The minimum absolute atomic E-state index is 0.0512. The van der Waals surface area contributed by atoms with Gasteiger partial charge < -0.3 is 20.1 Å². The standard InChI is InChI=1S/C21H26F2N2O4S/c1-12-10-16(25-19(27)21(2,3)4)30-17(12)18(26)24-9-8-13-6-7-14(28-5)15(11-13)29-20(22)23/h6-7,10-11,20H,8-9H2,1-5H3,(H,24,26)(H,25,27). The highest BCUT2D eigenvalue weighted by atomic mass is 32.1. The molecule has 2 N–H and O–H groups in total. The van der Waals surface area contributed by atoms with Crippen molar-refractivity contribution in [3.63, 3.8) is 0 Å². The monoisotopic (exact) mass is 440 g/mol. The minimum atomic E-state index is -2.95. The van der Waals surface area contributed by atoms with Gasteiger partial charge in [0.15, 0.2) is 11.5 Å². The number of amides is 2. The third-order valence-electron chi connectivity index (χ3n) is 4.19.